The highest BCUT2D eigenvalue weighted by Crippen LogP contribution is 2.26. The van der Waals surface area contributed by atoms with Gasteiger partial charge in [-0.05, 0) is 37.5 Å². The molecule has 1 aromatic rings. The predicted molar refractivity (Wildman–Crippen MR) is 94.0 cm³/mol. The van der Waals surface area contributed by atoms with Crippen LogP contribution in [-0.2, 0) is 4.79 Å². The summed E-state index contributed by atoms with van der Waals surface area (Å²) >= 11 is 6.13. The largest absolute Gasteiger partial charge is 0.335 e. The molecule has 0 heterocycles. The lowest BCUT2D eigenvalue weighted by Crippen LogP contribution is -2.39. The summed E-state index contributed by atoms with van der Waals surface area (Å²) in [5.41, 5.74) is 1.12. The topological polar surface area (TPSA) is 70.2 Å². The standard InChI is InChI=1S/C17H24ClN3O2/c1-2-6-16(22)19-13-9-10-14(18)15(11-13)21-17(23)20-12-7-4-3-5-8-12/h9-12H,2-8H2,1H3,(H,19,22)(H2,20,21,23). The summed E-state index contributed by atoms with van der Waals surface area (Å²) in [5.74, 6) is -0.0487. The molecule has 6 heteroatoms. The van der Waals surface area contributed by atoms with Crippen molar-refractivity contribution in [3.05, 3.63) is 23.2 Å². The molecule has 0 aliphatic heterocycles. The number of hydrogen-bond acceptors (Lipinski definition) is 2. The van der Waals surface area contributed by atoms with Crippen molar-refractivity contribution >= 4 is 34.9 Å². The molecule has 0 atom stereocenters. The summed E-state index contributed by atoms with van der Waals surface area (Å²) < 4.78 is 0. The number of amides is 3. The molecule has 0 spiro atoms. The van der Waals surface area contributed by atoms with Crippen molar-refractivity contribution < 1.29 is 9.59 Å². The molecule has 126 valence electrons. The van der Waals surface area contributed by atoms with E-state index in [0.29, 0.717) is 22.8 Å². The van der Waals surface area contributed by atoms with Gasteiger partial charge in [0.05, 0.1) is 10.7 Å². The Bertz CT molecular complexity index is 557. The van der Waals surface area contributed by atoms with Crippen LogP contribution in [0.5, 0.6) is 0 Å². The van der Waals surface area contributed by atoms with E-state index in [9.17, 15) is 9.59 Å². The van der Waals surface area contributed by atoms with Gasteiger partial charge in [0.2, 0.25) is 5.91 Å². The summed E-state index contributed by atoms with van der Waals surface area (Å²) in [7, 11) is 0. The predicted octanol–water partition coefficient (Wildman–Crippen LogP) is 4.53. The van der Waals surface area contributed by atoms with Crippen molar-refractivity contribution in [2.24, 2.45) is 0 Å². The molecule has 2 rings (SSSR count). The molecule has 0 radical (unpaired) electrons. The third kappa shape index (κ3) is 5.75. The molecule has 1 saturated carbocycles. The van der Waals surface area contributed by atoms with Crippen LogP contribution in [-0.4, -0.2) is 18.0 Å². The quantitative estimate of drug-likeness (QED) is 0.738. The molecule has 5 nitrogen and oxygen atoms in total. The molecule has 1 aromatic carbocycles. The second-order valence-electron chi connectivity index (χ2n) is 5.93. The second kappa shape index (κ2) is 8.77. The van der Waals surface area contributed by atoms with Crippen molar-refractivity contribution in [2.75, 3.05) is 10.6 Å². The van der Waals surface area contributed by atoms with Crippen molar-refractivity contribution in [1.82, 2.24) is 5.32 Å². The zero-order chi connectivity index (χ0) is 16.7. The Balaban J connectivity index is 1.95. The van der Waals surface area contributed by atoms with Gasteiger partial charge < -0.3 is 16.0 Å². The average Bonchev–Trinajstić information content (AvgIpc) is 2.52. The fourth-order valence-corrected chi connectivity index (χ4v) is 2.90. The van der Waals surface area contributed by atoms with Crippen LogP contribution in [0.3, 0.4) is 0 Å². The molecule has 0 saturated heterocycles. The van der Waals surface area contributed by atoms with Crippen LogP contribution < -0.4 is 16.0 Å². The highest BCUT2D eigenvalue weighted by Gasteiger charge is 2.16. The van der Waals surface area contributed by atoms with Crippen LogP contribution in [0.15, 0.2) is 18.2 Å². The Hall–Kier alpha value is -1.75. The molecular formula is C17H24ClN3O2. The lowest BCUT2D eigenvalue weighted by molar-refractivity contribution is -0.116. The number of carbonyl (C=O) groups excluding carboxylic acids is 2. The van der Waals surface area contributed by atoms with E-state index in [-0.39, 0.29) is 18.0 Å². The highest BCUT2D eigenvalue weighted by molar-refractivity contribution is 6.33. The van der Waals surface area contributed by atoms with E-state index < -0.39 is 0 Å². The van der Waals surface area contributed by atoms with E-state index in [2.05, 4.69) is 16.0 Å². The summed E-state index contributed by atoms with van der Waals surface area (Å²) in [6.07, 6.45) is 6.85. The first-order valence-electron chi connectivity index (χ1n) is 8.25. The van der Waals surface area contributed by atoms with Crippen molar-refractivity contribution in [3.63, 3.8) is 0 Å². The van der Waals surface area contributed by atoms with Crippen molar-refractivity contribution in [2.45, 2.75) is 57.9 Å². The minimum absolute atomic E-state index is 0.0487. The fraction of sp³-hybridized carbons (Fsp3) is 0.529. The minimum Gasteiger partial charge on any atom is -0.335 e. The molecule has 23 heavy (non-hydrogen) atoms. The maximum Gasteiger partial charge on any atom is 0.319 e. The second-order valence-corrected chi connectivity index (χ2v) is 6.33. The van der Waals surface area contributed by atoms with Crippen LogP contribution in [0.2, 0.25) is 5.02 Å². The SMILES string of the molecule is CCCC(=O)Nc1ccc(Cl)c(NC(=O)NC2CCCCC2)c1. The third-order valence-corrected chi connectivity index (χ3v) is 4.25. The first-order valence-corrected chi connectivity index (χ1v) is 8.63. The normalized spacial score (nSPS) is 15.0. The Morgan fingerprint density at radius 1 is 1.17 bits per heavy atom. The van der Waals surface area contributed by atoms with Gasteiger partial charge in [-0.25, -0.2) is 4.79 Å². The van der Waals surface area contributed by atoms with Gasteiger partial charge in [-0.3, -0.25) is 4.79 Å². The first kappa shape index (κ1) is 17.6. The smallest absolute Gasteiger partial charge is 0.319 e. The number of benzene rings is 1. The van der Waals surface area contributed by atoms with Crippen LogP contribution in [0.25, 0.3) is 0 Å². The fourth-order valence-electron chi connectivity index (χ4n) is 2.74. The van der Waals surface area contributed by atoms with E-state index in [1.54, 1.807) is 18.2 Å². The Morgan fingerprint density at radius 2 is 1.91 bits per heavy atom. The molecule has 0 unspecified atom stereocenters. The number of rotatable bonds is 5. The molecule has 0 bridgehead atoms. The molecule has 0 aromatic heterocycles. The van der Waals surface area contributed by atoms with Crippen LogP contribution in [0, 0.1) is 0 Å². The molecular weight excluding hydrogens is 314 g/mol. The van der Waals surface area contributed by atoms with Gasteiger partial charge in [0.25, 0.3) is 0 Å². The molecule has 3 amide bonds. The minimum atomic E-state index is -0.254. The zero-order valence-electron chi connectivity index (χ0n) is 13.5. The van der Waals surface area contributed by atoms with Gasteiger partial charge in [0.1, 0.15) is 0 Å². The summed E-state index contributed by atoms with van der Waals surface area (Å²) in [6, 6.07) is 5.04. The summed E-state index contributed by atoms with van der Waals surface area (Å²) in [6.45, 7) is 1.95. The molecule has 1 aliphatic carbocycles. The number of carbonyl (C=O) groups is 2. The van der Waals surface area contributed by atoms with E-state index in [1.807, 2.05) is 6.92 Å². The molecule has 3 N–H and O–H groups in total. The van der Waals surface area contributed by atoms with Crippen molar-refractivity contribution in [3.8, 4) is 0 Å². The van der Waals surface area contributed by atoms with E-state index in [1.165, 1.54) is 6.42 Å². The molecule has 1 aliphatic rings. The first-order chi connectivity index (χ1) is 11.1. The van der Waals surface area contributed by atoms with E-state index >= 15 is 0 Å². The Morgan fingerprint density at radius 3 is 2.61 bits per heavy atom. The number of hydrogen-bond donors (Lipinski definition) is 3. The monoisotopic (exact) mass is 337 g/mol. The van der Waals surface area contributed by atoms with Crippen molar-refractivity contribution in [1.29, 1.82) is 0 Å². The number of anilines is 2. The van der Waals surface area contributed by atoms with Gasteiger partial charge >= 0.3 is 6.03 Å². The Kier molecular flexibility index (Phi) is 6.71. The highest BCUT2D eigenvalue weighted by atomic mass is 35.5. The maximum atomic E-state index is 12.1. The van der Waals surface area contributed by atoms with Crippen LogP contribution >= 0.6 is 11.6 Å². The van der Waals surface area contributed by atoms with Gasteiger partial charge in [-0.15, -0.1) is 0 Å². The van der Waals surface area contributed by atoms with E-state index in [0.717, 1.165) is 32.1 Å². The lowest BCUT2D eigenvalue weighted by Gasteiger charge is -2.23. The molecule has 1 fully saturated rings. The number of halogens is 1. The zero-order valence-corrected chi connectivity index (χ0v) is 14.2. The summed E-state index contributed by atoms with van der Waals surface area (Å²) in [4.78, 5) is 23.8. The van der Waals surface area contributed by atoms with Gasteiger partial charge in [0, 0.05) is 18.2 Å². The average molecular weight is 338 g/mol. The van der Waals surface area contributed by atoms with E-state index in [4.69, 9.17) is 11.6 Å². The number of nitrogens with one attached hydrogen (secondary N) is 3. The van der Waals surface area contributed by atoms with Crippen LogP contribution in [0.1, 0.15) is 51.9 Å². The third-order valence-electron chi connectivity index (χ3n) is 3.92. The number of urea groups is 1. The van der Waals surface area contributed by atoms with Gasteiger partial charge in [-0.2, -0.15) is 0 Å². The lowest BCUT2D eigenvalue weighted by atomic mass is 9.96. The maximum absolute atomic E-state index is 12.1. The van der Waals surface area contributed by atoms with Crippen LogP contribution in [0.4, 0.5) is 16.2 Å². The van der Waals surface area contributed by atoms with Gasteiger partial charge in [0.15, 0.2) is 0 Å². The Labute approximate surface area is 142 Å². The summed E-state index contributed by atoms with van der Waals surface area (Å²) in [5, 5.41) is 8.99. The van der Waals surface area contributed by atoms with Gasteiger partial charge in [-0.1, -0.05) is 37.8 Å².